The molecule has 15 heavy (non-hydrogen) atoms. The van der Waals surface area contributed by atoms with Gasteiger partial charge in [0.1, 0.15) is 5.82 Å². The van der Waals surface area contributed by atoms with Crippen LogP contribution in [0.2, 0.25) is 0 Å². The SMILES string of the molecule is Nc1[nH]ncc1NCCc1ccncc1. The number of hydrogen-bond acceptors (Lipinski definition) is 4. The standard InChI is InChI=1S/C10H13N5/c11-10-9(7-14-15-10)13-6-3-8-1-4-12-5-2-8/h1-2,4-5,7,13H,3,6H2,(H3,11,14,15). The number of aromatic nitrogens is 3. The lowest BCUT2D eigenvalue weighted by Gasteiger charge is -2.04. The smallest absolute Gasteiger partial charge is 0.142 e. The minimum absolute atomic E-state index is 0.574. The molecule has 2 heterocycles. The van der Waals surface area contributed by atoms with Crippen molar-refractivity contribution < 1.29 is 0 Å². The maximum Gasteiger partial charge on any atom is 0.142 e. The van der Waals surface area contributed by atoms with Gasteiger partial charge in [0.15, 0.2) is 0 Å². The Balaban J connectivity index is 1.83. The Kier molecular flexibility index (Phi) is 2.82. The van der Waals surface area contributed by atoms with Gasteiger partial charge >= 0.3 is 0 Å². The molecule has 78 valence electrons. The van der Waals surface area contributed by atoms with E-state index in [1.54, 1.807) is 18.6 Å². The van der Waals surface area contributed by atoms with E-state index in [-0.39, 0.29) is 0 Å². The summed E-state index contributed by atoms with van der Waals surface area (Å²) in [5.74, 6) is 0.574. The maximum atomic E-state index is 5.63. The number of aromatic amines is 1. The molecule has 0 saturated heterocycles. The van der Waals surface area contributed by atoms with Crippen molar-refractivity contribution in [3.8, 4) is 0 Å². The highest BCUT2D eigenvalue weighted by Crippen LogP contribution is 2.12. The van der Waals surface area contributed by atoms with Crippen molar-refractivity contribution >= 4 is 11.5 Å². The molecule has 2 rings (SSSR count). The Hall–Kier alpha value is -2.04. The normalized spacial score (nSPS) is 10.1. The number of H-pyrrole nitrogens is 1. The number of nitrogens with one attached hydrogen (secondary N) is 2. The third kappa shape index (κ3) is 2.46. The molecule has 5 nitrogen and oxygen atoms in total. The Bertz CT molecular complexity index is 409. The fourth-order valence-corrected chi connectivity index (χ4v) is 1.33. The first-order valence-electron chi connectivity index (χ1n) is 4.78. The number of nitrogens with two attached hydrogens (primary N) is 1. The van der Waals surface area contributed by atoms with Crippen molar-refractivity contribution in [1.29, 1.82) is 0 Å². The van der Waals surface area contributed by atoms with Crippen LogP contribution in [-0.4, -0.2) is 21.7 Å². The first-order valence-corrected chi connectivity index (χ1v) is 4.78. The number of nitrogen functional groups attached to an aromatic ring is 1. The van der Waals surface area contributed by atoms with Gasteiger partial charge in [-0.05, 0) is 24.1 Å². The van der Waals surface area contributed by atoms with Gasteiger partial charge in [0, 0.05) is 18.9 Å². The summed E-state index contributed by atoms with van der Waals surface area (Å²) in [6.45, 7) is 0.827. The van der Waals surface area contributed by atoms with Crippen LogP contribution in [0, 0.1) is 0 Å². The van der Waals surface area contributed by atoms with E-state index < -0.39 is 0 Å². The molecule has 0 unspecified atom stereocenters. The zero-order valence-electron chi connectivity index (χ0n) is 8.27. The minimum atomic E-state index is 0.574. The third-order valence-corrected chi connectivity index (χ3v) is 2.15. The molecule has 2 aromatic heterocycles. The highest BCUT2D eigenvalue weighted by atomic mass is 15.2. The average molecular weight is 203 g/mol. The Labute approximate surface area is 87.7 Å². The lowest BCUT2D eigenvalue weighted by molar-refractivity contribution is 1.01. The van der Waals surface area contributed by atoms with Gasteiger partial charge in [0.25, 0.3) is 0 Å². The summed E-state index contributed by atoms with van der Waals surface area (Å²) >= 11 is 0. The molecule has 0 aromatic carbocycles. The number of pyridine rings is 1. The third-order valence-electron chi connectivity index (χ3n) is 2.15. The molecule has 2 aromatic rings. The number of hydrogen-bond donors (Lipinski definition) is 3. The van der Waals surface area contributed by atoms with Gasteiger partial charge in [0.05, 0.1) is 11.9 Å². The second kappa shape index (κ2) is 4.45. The summed E-state index contributed by atoms with van der Waals surface area (Å²) in [7, 11) is 0. The Morgan fingerprint density at radius 3 is 2.80 bits per heavy atom. The quantitative estimate of drug-likeness (QED) is 0.693. The van der Waals surface area contributed by atoms with E-state index >= 15 is 0 Å². The molecule has 0 fully saturated rings. The highest BCUT2D eigenvalue weighted by Gasteiger charge is 1.99. The zero-order chi connectivity index (χ0) is 10.5. The van der Waals surface area contributed by atoms with Gasteiger partial charge in [-0.15, -0.1) is 0 Å². The van der Waals surface area contributed by atoms with Crippen molar-refractivity contribution in [2.24, 2.45) is 0 Å². The van der Waals surface area contributed by atoms with Crippen molar-refractivity contribution in [2.45, 2.75) is 6.42 Å². The van der Waals surface area contributed by atoms with Crippen LogP contribution in [0.3, 0.4) is 0 Å². The first-order chi connectivity index (χ1) is 7.36. The van der Waals surface area contributed by atoms with Crippen LogP contribution in [0.1, 0.15) is 5.56 Å². The van der Waals surface area contributed by atoms with Crippen LogP contribution in [0.25, 0.3) is 0 Å². The molecule has 0 saturated carbocycles. The van der Waals surface area contributed by atoms with Crippen molar-refractivity contribution in [2.75, 3.05) is 17.6 Å². The molecule has 4 N–H and O–H groups in total. The van der Waals surface area contributed by atoms with Gasteiger partial charge < -0.3 is 11.1 Å². The predicted octanol–water partition coefficient (Wildman–Crippen LogP) is 1.04. The van der Waals surface area contributed by atoms with Gasteiger partial charge in [-0.1, -0.05) is 0 Å². The summed E-state index contributed by atoms with van der Waals surface area (Å²) in [6.07, 6.45) is 6.21. The monoisotopic (exact) mass is 203 g/mol. The number of nitrogens with zero attached hydrogens (tertiary/aromatic N) is 2. The molecule has 5 heteroatoms. The van der Waals surface area contributed by atoms with E-state index in [9.17, 15) is 0 Å². The van der Waals surface area contributed by atoms with Crippen LogP contribution < -0.4 is 11.1 Å². The van der Waals surface area contributed by atoms with E-state index in [2.05, 4.69) is 20.5 Å². The largest absolute Gasteiger partial charge is 0.382 e. The fourth-order valence-electron chi connectivity index (χ4n) is 1.33. The molecule has 0 atom stereocenters. The van der Waals surface area contributed by atoms with Crippen molar-refractivity contribution in [1.82, 2.24) is 15.2 Å². The lowest BCUT2D eigenvalue weighted by Crippen LogP contribution is -2.05. The highest BCUT2D eigenvalue weighted by molar-refractivity contribution is 5.59. The number of anilines is 2. The summed E-state index contributed by atoms with van der Waals surface area (Å²) in [4.78, 5) is 3.96. The Morgan fingerprint density at radius 1 is 1.33 bits per heavy atom. The van der Waals surface area contributed by atoms with E-state index in [1.807, 2.05) is 12.1 Å². The zero-order valence-corrected chi connectivity index (χ0v) is 8.27. The van der Waals surface area contributed by atoms with E-state index in [4.69, 9.17) is 5.73 Å². The summed E-state index contributed by atoms with van der Waals surface area (Å²) in [6, 6.07) is 4.00. The fraction of sp³-hybridized carbons (Fsp3) is 0.200. The van der Waals surface area contributed by atoms with Gasteiger partial charge in [0.2, 0.25) is 0 Å². The van der Waals surface area contributed by atoms with Crippen LogP contribution in [-0.2, 0) is 6.42 Å². The van der Waals surface area contributed by atoms with Crippen LogP contribution in [0.5, 0.6) is 0 Å². The summed E-state index contributed by atoms with van der Waals surface area (Å²) < 4.78 is 0. The minimum Gasteiger partial charge on any atom is -0.382 e. The van der Waals surface area contributed by atoms with Gasteiger partial charge in [-0.25, -0.2) is 0 Å². The van der Waals surface area contributed by atoms with E-state index in [1.165, 1.54) is 5.56 Å². The number of rotatable bonds is 4. The molecule has 0 radical (unpaired) electrons. The van der Waals surface area contributed by atoms with E-state index in [0.717, 1.165) is 18.7 Å². The Morgan fingerprint density at radius 2 is 2.13 bits per heavy atom. The van der Waals surface area contributed by atoms with Crippen molar-refractivity contribution in [3.63, 3.8) is 0 Å². The van der Waals surface area contributed by atoms with Crippen molar-refractivity contribution in [3.05, 3.63) is 36.3 Å². The summed E-state index contributed by atoms with van der Waals surface area (Å²) in [5, 5.41) is 9.70. The topological polar surface area (TPSA) is 79.6 Å². The lowest BCUT2D eigenvalue weighted by atomic mass is 10.2. The molecule has 0 bridgehead atoms. The molecular weight excluding hydrogens is 190 g/mol. The summed E-state index contributed by atoms with van der Waals surface area (Å²) in [5.41, 5.74) is 7.73. The molecular formula is C10H13N5. The van der Waals surface area contributed by atoms with Crippen LogP contribution >= 0.6 is 0 Å². The van der Waals surface area contributed by atoms with E-state index in [0.29, 0.717) is 5.82 Å². The molecule has 0 aliphatic carbocycles. The predicted molar refractivity (Wildman–Crippen MR) is 59.4 cm³/mol. The maximum absolute atomic E-state index is 5.63. The first kappa shape index (κ1) is 9.51. The molecule has 0 spiro atoms. The van der Waals surface area contributed by atoms with Crippen LogP contribution in [0.15, 0.2) is 30.7 Å². The van der Waals surface area contributed by atoms with Crippen LogP contribution in [0.4, 0.5) is 11.5 Å². The second-order valence-corrected chi connectivity index (χ2v) is 3.23. The molecule has 0 aliphatic heterocycles. The average Bonchev–Trinajstić information content (AvgIpc) is 2.66. The molecule has 0 aliphatic rings. The van der Waals surface area contributed by atoms with Gasteiger partial charge in [-0.2, -0.15) is 5.10 Å². The van der Waals surface area contributed by atoms with Gasteiger partial charge in [-0.3, -0.25) is 10.1 Å². The molecule has 0 amide bonds. The second-order valence-electron chi connectivity index (χ2n) is 3.23.